The maximum absolute atomic E-state index is 13.5. The van der Waals surface area contributed by atoms with E-state index in [-0.39, 0.29) is 18.2 Å². The summed E-state index contributed by atoms with van der Waals surface area (Å²) in [6, 6.07) is 19.4. The van der Waals surface area contributed by atoms with Crippen LogP contribution in [-0.4, -0.2) is 64.4 Å². The Kier molecular flexibility index (Phi) is 8.87. The fourth-order valence-electron chi connectivity index (χ4n) is 5.82. The lowest BCUT2D eigenvalue weighted by atomic mass is 9.95. The van der Waals surface area contributed by atoms with E-state index in [0.29, 0.717) is 31.1 Å². The zero-order valence-corrected chi connectivity index (χ0v) is 23.4. The number of hydrogen-bond donors (Lipinski definition) is 2. The van der Waals surface area contributed by atoms with Crippen molar-refractivity contribution in [2.75, 3.05) is 26.8 Å². The number of piperidine rings is 1. The molecule has 1 aliphatic heterocycles. The molecular weight excluding hydrogens is 528 g/mol. The van der Waals surface area contributed by atoms with Crippen molar-refractivity contribution in [2.24, 2.45) is 0 Å². The number of carbonyl (C=O) groups excluding carboxylic acids is 1. The number of halogens is 1. The average Bonchev–Trinajstić information content (AvgIpc) is 3.32. The molecule has 0 bridgehead atoms. The van der Waals surface area contributed by atoms with Gasteiger partial charge >= 0.3 is 6.09 Å². The molecule has 2 N–H and O–H groups in total. The van der Waals surface area contributed by atoms with Crippen LogP contribution in [0.3, 0.4) is 0 Å². The number of aromatic nitrogens is 2. The molecule has 1 aromatic heterocycles. The second-order valence-electron chi connectivity index (χ2n) is 10.5. The van der Waals surface area contributed by atoms with E-state index in [1.54, 1.807) is 7.11 Å². The van der Waals surface area contributed by atoms with Gasteiger partial charge in [0.1, 0.15) is 5.82 Å². The summed E-state index contributed by atoms with van der Waals surface area (Å²) >= 11 is 6.59. The second-order valence-corrected chi connectivity index (χ2v) is 10.9. The van der Waals surface area contributed by atoms with E-state index >= 15 is 0 Å². The van der Waals surface area contributed by atoms with Crippen LogP contribution in [0.15, 0.2) is 60.7 Å². The Labute approximate surface area is 238 Å². The number of para-hydroxylation sites is 1. The summed E-state index contributed by atoms with van der Waals surface area (Å²) in [5, 5.41) is 14.9. The maximum atomic E-state index is 13.5. The van der Waals surface area contributed by atoms with Gasteiger partial charge in [0, 0.05) is 51.7 Å². The Balaban J connectivity index is 1.32. The smallest absolute Gasteiger partial charge is 0.404 e. The molecule has 9 heteroatoms. The summed E-state index contributed by atoms with van der Waals surface area (Å²) in [6.45, 7) is 2.55. The highest BCUT2D eigenvalue weighted by Gasteiger charge is 2.30. The number of carbonyl (C=O) groups is 2. The molecule has 2 atom stereocenters. The first-order valence-electron chi connectivity index (χ1n) is 13.8. The van der Waals surface area contributed by atoms with E-state index in [9.17, 15) is 14.7 Å². The first-order valence-corrected chi connectivity index (χ1v) is 14.2. The van der Waals surface area contributed by atoms with Gasteiger partial charge in [-0.1, -0.05) is 60.1 Å². The van der Waals surface area contributed by atoms with Crippen molar-refractivity contribution in [2.45, 2.75) is 50.6 Å². The van der Waals surface area contributed by atoms with Gasteiger partial charge in [0.25, 0.3) is 0 Å². The molecule has 0 aliphatic carbocycles. The fourth-order valence-corrected chi connectivity index (χ4v) is 6.09. The van der Waals surface area contributed by atoms with Crippen molar-refractivity contribution in [1.29, 1.82) is 0 Å². The number of fused-ring (bicyclic) bond motifs is 2. The molecule has 8 nitrogen and oxygen atoms in total. The molecule has 3 aromatic carbocycles. The first kappa shape index (κ1) is 27.9. The molecule has 0 spiro atoms. The molecule has 2 heterocycles. The van der Waals surface area contributed by atoms with Gasteiger partial charge in [0.15, 0.2) is 0 Å². The van der Waals surface area contributed by atoms with Crippen LogP contribution in [-0.2, 0) is 22.5 Å². The zero-order chi connectivity index (χ0) is 28.1. The second kappa shape index (κ2) is 12.7. The van der Waals surface area contributed by atoms with Crippen molar-refractivity contribution in [3.63, 3.8) is 0 Å². The summed E-state index contributed by atoms with van der Waals surface area (Å²) in [7, 11) is 1.69. The van der Waals surface area contributed by atoms with E-state index < -0.39 is 12.1 Å². The van der Waals surface area contributed by atoms with E-state index in [2.05, 4.69) is 16.0 Å². The molecule has 210 valence electrons. The zero-order valence-electron chi connectivity index (χ0n) is 22.7. The predicted molar refractivity (Wildman–Crippen MR) is 157 cm³/mol. The number of imidazole rings is 1. The highest BCUT2D eigenvalue weighted by Crippen LogP contribution is 2.33. The van der Waals surface area contributed by atoms with E-state index in [0.717, 1.165) is 59.0 Å². The number of ether oxygens (including phenoxy) is 1. The lowest BCUT2D eigenvalue weighted by Gasteiger charge is -2.33. The lowest BCUT2D eigenvalue weighted by Crippen LogP contribution is -2.44. The minimum atomic E-state index is -1.13. The number of nitrogens with zero attached hydrogens (tertiary/aromatic N) is 3. The summed E-state index contributed by atoms with van der Waals surface area (Å²) < 4.78 is 7.46. The monoisotopic (exact) mass is 562 g/mol. The number of aryl methyl sites for hydroxylation is 1. The largest absolute Gasteiger partial charge is 0.465 e. The van der Waals surface area contributed by atoms with Crippen LogP contribution < -0.4 is 5.32 Å². The summed E-state index contributed by atoms with van der Waals surface area (Å²) in [5.41, 5.74) is 2.76. The van der Waals surface area contributed by atoms with Crippen molar-refractivity contribution in [3.8, 4) is 0 Å². The molecule has 40 heavy (non-hydrogen) atoms. The van der Waals surface area contributed by atoms with Crippen LogP contribution in [0.25, 0.3) is 21.8 Å². The van der Waals surface area contributed by atoms with Crippen LogP contribution in [0.5, 0.6) is 0 Å². The van der Waals surface area contributed by atoms with Crippen LogP contribution in [0.1, 0.15) is 43.0 Å². The maximum Gasteiger partial charge on any atom is 0.404 e. The summed E-state index contributed by atoms with van der Waals surface area (Å²) in [6.07, 6.45) is 2.01. The third kappa shape index (κ3) is 6.40. The minimum Gasteiger partial charge on any atom is -0.465 e. The van der Waals surface area contributed by atoms with Crippen molar-refractivity contribution < 1.29 is 19.4 Å². The Hall–Kier alpha value is -3.62. The number of rotatable bonds is 10. The Bertz CT molecular complexity index is 1500. The minimum absolute atomic E-state index is 0.0516. The van der Waals surface area contributed by atoms with Crippen molar-refractivity contribution in [1.82, 2.24) is 19.8 Å². The molecule has 1 saturated heterocycles. The SMILES string of the molecule is COCCCn1c([C@@H]2CCCN(C(=O)C[C@@H](Cc3ccc4ccccc4c3)NC(=O)O)C2)nc2cccc(Cl)c21. The number of methoxy groups -OCH3 is 1. The number of nitrogens with one attached hydrogen (secondary N) is 1. The first-order chi connectivity index (χ1) is 19.4. The van der Waals surface area contributed by atoms with Crippen LogP contribution >= 0.6 is 11.6 Å². The summed E-state index contributed by atoms with van der Waals surface area (Å²) in [4.78, 5) is 31.9. The quantitative estimate of drug-likeness (QED) is 0.236. The number of amides is 2. The van der Waals surface area contributed by atoms with E-state index in [1.165, 1.54) is 0 Å². The average molecular weight is 563 g/mol. The standard InChI is InChI=1S/C31H35ClN4O4/c1-40-16-6-15-36-29-26(32)10-4-11-27(29)34-30(36)24-9-5-14-35(20-24)28(37)19-25(33-31(38)39)18-21-12-13-22-7-2-3-8-23(22)17-21/h2-4,7-8,10-13,17,24-25,33H,5-6,9,14-16,18-20H2,1H3,(H,38,39)/t24-,25-/m1/s1. The molecule has 2 amide bonds. The molecule has 0 unspecified atom stereocenters. The molecule has 1 aliphatic rings. The van der Waals surface area contributed by atoms with Gasteiger partial charge in [0.2, 0.25) is 5.91 Å². The van der Waals surface area contributed by atoms with Crippen LogP contribution in [0.4, 0.5) is 4.79 Å². The topological polar surface area (TPSA) is 96.7 Å². The molecule has 1 fully saturated rings. The predicted octanol–water partition coefficient (Wildman–Crippen LogP) is 5.85. The number of likely N-dealkylation sites (tertiary alicyclic amines) is 1. The molecular formula is C31H35ClN4O4. The van der Waals surface area contributed by atoms with Crippen molar-refractivity contribution >= 4 is 45.4 Å². The van der Waals surface area contributed by atoms with Gasteiger partial charge in [-0.3, -0.25) is 4.79 Å². The van der Waals surface area contributed by atoms with Gasteiger partial charge in [-0.15, -0.1) is 0 Å². The third-order valence-corrected chi connectivity index (χ3v) is 7.97. The highest BCUT2D eigenvalue weighted by molar-refractivity contribution is 6.35. The lowest BCUT2D eigenvalue weighted by molar-refractivity contribution is -0.132. The molecule has 0 saturated carbocycles. The van der Waals surface area contributed by atoms with Crippen LogP contribution in [0.2, 0.25) is 5.02 Å². The number of benzene rings is 3. The van der Waals surface area contributed by atoms with Gasteiger partial charge in [-0.25, -0.2) is 9.78 Å². The van der Waals surface area contributed by atoms with Crippen LogP contribution in [0, 0.1) is 0 Å². The number of carboxylic acid groups (broad SMARTS) is 1. The van der Waals surface area contributed by atoms with E-state index in [4.69, 9.17) is 21.3 Å². The number of hydrogen-bond acceptors (Lipinski definition) is 4. The molecule has 0 radical (unpaired) electrons. The van der Waals surface area contributed by atoms with Gasteiger partial charge in [-0.2, -0.15) is 0 Å². The van der Waals surface area contributed by atoms with Crippen molar-refractivity contribution in [3.05, 3.63) is 77.1 Å². The summed E-state index contributed by atoms with van der Waals surface area (Å²) in [5.74, 6) is 0.951. The Morgan fingerprint density at radius 3 is 2.77 bits per heavy atom. The normalized spacial score (nSPS) is 16.4. The Morgan fingerprint density at radius 1 is 1.15 bits per heavy atom. The third-order valence-electron chi connectivity index (χ3n) is 7.66. The molecule has 4 aromatic rings. The molecule has 5 rings (SSSR count). The van der Waals surface area contributed by atoms with E-state index in [1.807, 2.05) is 59.5 Å². The Morgan fingerprint density at radius 2 is 1.98 bits per heavy atom. The van der Waals surface area contributed by atoms with Gasteiger partial charge < -0.3 is 24.6 Å². The van der Waals surface area contributed by atoms with Gasteiger partial charge in [0.05, 0.1) is 16.1 Å². The fraction of sp³-hybridized carbons (Fsp3) is 0.387. The van der Waals surface area contributed by atoms with Gasteiger partial charge in [-0.05, 0) is 54.2 Å². The highest BCUT2D eigenvalue weighted by atomic mass is 35.5.